The normalized spacial score (nSPS) is 11.7. The molecule has 9 heteroatoms. The highest BCUT2D eigenvalue weighted by Gasteiger charge is 2.37. The number of rotatable bonds is 5. The van der Waals surface area contributed by atoms with E-state index < -0.39 is 12.0 Å². The largest absolute Gasteiger partial charge is 0.453 e. The van der Waals surface area contributed by atoms with E-state index in [-0.39, 0.29) is 18.1 Å². The molecule has 0 fully saturated rings. The maximum Gasteiger partial charge on any atom is 0.453 e. The van der Waals surface area contributed by atoms with Gasteiger partial charge in [0.2, 0.25) is 5.91 Å². The number of aryl methyl sites for hydroxylation is 2. The summed E-state index contributed by atoms with van der Waals surface area (Å²) in [7, 11) is 0. The Morgan fingerprint density at radius 2 is 1.69 bits per heavy atom. The van der Waals surface area contributed by atoms with Crippen molar-refractivity contribution in [3.05, 3.63) is 88.5 Å². The third-order valence-corrected chi connectivity index (χ3v) is 5.17. The molecule has 2 aromatic heterocycles. The van der Waals surface area contributed by atoms with Crippen LogP contribution in [0.4, 0.5) is 18.9 Å². The summed E-state index contributed by atoms with van der Waals surface area (Å²) in [5, 5.41) is 6.44. The quantitative estimate of drug-likeness (QED) is 0.496. The van der Waals surface area contributed by atoms with Gasteiger partial charge >= 0.3 is 6.18 Å². The molecule has 0 spiro atoms. The van der Waals surface area contributed by atoms with Gasteiger partial charge in [0.05, 0.1) is 6.42 Å². The second-order valence-electron chi connectivity index (χ2n) is 7.45. The van der Waals surface area contributed by atoms with Crippen LogP contribution < -0.4 is 5.32 Å². The van der Waals surface area contributed by atoms with Crippen LogP contribution in [0.5, 0.6) is 0 Å². The first-order chi connectivity index (χ1) is 15.2. The van der Waals surface area contributed by atoms with Crippen molar-refractivity contribution in [2.75, 3.05) is 5.32 Å². The molecule has 0 radical (unpaired) electrons. The van der Waals surface area contributed by atoms with E-state index in [0.717, 1.165) is 15.6 Å². The Bertz CT molecular complexity index is 1280. The topological polar surface area (TPSA) is 72.2 Å². The molecular weight excluding hydrogens is 419 g/mol. The summed E-state index contributed by atoms with van der Waals surface area (Å²) in [6.45, 7) is 3.24. The summed E-state index contributed by atoms with van der Waals surface area (Å²) in [5.41, 5.74) is 4.09. The smallest absolute Gasteiger partial charge is 0.326 e. The molecule has 0 saturated heterocycles. The number of benzene rings is 2. The molecule has 0 bridgehead atoms. The van der Waals surface area contributed by atoms with Gasteiger partial charge in [0, 0.05) is 22.6 Å². The molecule has 0 aliphatic rings. The lowest BCUT2D eigenvalue weighted by molar-refractivity contribution is -0.144. The first-order valence-corrected chi connectivity index (χ1v) is 9.94. The molecule has 1 amide bonds. The van der Waals surface area contributed by atoms with Crippen LogP contribution in [0.1, 0.15) is 33.9 Å². The number of anilines is 1. The minimum absolute atomic E-state index is 0.0541. The molecule has 4 rings (SSSR count). The summed E-state index contributed by atoms with van der Waals surface area (Å²) in [6.07, 6.45) is -4.07. The van der Waals surface area contributed by atoms with Crippen molar-refractivity contribution >= 4 is 17.4 Å². The van der Waals surface area contributed by atoms with Gasteiger partial charge in [0.25, 0.3) is 11.6 Å². The average Bonchev–Trinajstić information content (AvgIpc) is 3.18. The van der Waals surface area contributed by atoms with Crippen molar-refractivity contribution in [3.63, 3.8) is 0 Å². The van der Waals surface area contributed by atoms with Crippen molar-refractivity contribution < 1.29 is 18.0 Å². The van der Waals surface area contributed by atoms with Crippen LogP contribution in [0.3, 0.4) is 0 Å². The summed E-state index contributed by atoms with van der Waals surface area (Å²) >= 11 is 0. The van der Waals surface area contributed by atoms with E-state index in [4.69, 9.17) is 0 Å². The molecule has 4 aromatic rings. The highest BCUT2D eigenvalue weighted by molar-refractivity contribution is 5.93. The van der Waals surface area contributed by atoms with Crippen LogP contribution in [0.2, 0.25) is 0 Å². The SMILES string of the molecule is Cc1nc2nc(C(F)(F)F)nn2c(C)c1CC(=O)Nc1ccccc1Cc1ccccc1. The second-order valence-corrected chi connectivity index (χ2v) is 7.45. The Morgan fingerprint density at radius 1 is 1.00 bits per heavy atom. The lowest BCUT2D eigenvalue weighted by atomic mass is 10.0. The van der Waals surface area contributed by atoms with Crippen LogP contribution in [0.25, 0.3) is 5.78 Å². The Hall–Kier alpha value is -3.75. The molecule has 0 aliphatic heterocycles. The number of hydrogen-bond acceptors (Lipinski definition) is 4. The molecule has 0 atom stereocenters. The van der Waals surface area contributed by atoms with Gasteiger partial charge in [-0.3, -0.25) is 4.79 Å². The molecule has 2 aromatic carbocycles. The summed E-state index contributed by atoms with van der Waals surface area (Å²) in [6, 6.07) is 17.4. The van der Waals surface area contributed by atoms with Crippen molar-refractivity contribution in [3.8, 4) is 0 Å². The zero-order chi connectivity index (χ0) is 22.9. The standard InChI is InChI=1S/C23H20F3N5O/c1-14-18(15(2)31-22(27-14)29-21(30-31)23(24,25)26)13-20(32)28-19-11-7-6-10-17(19)12-16-8-4-3-5-9-16/h3-11H,12-13H2,1-2H3,(H,28,32). The van der Waals surface area contributed by atoms with E-state index in [2.05, 4.69) is 20.4 Å². The fraction of sp³-hybridized carbons (Fsp3) is 0.217. The molecule has 2 heterocycles. The van der Waals surface area contributed by atoms with Gasteiger partial charge in [0.1, 0.15) is 0 Å². The molecular formula is C23H20F3N5O. The second kappa shape index (κ2) is 8.41. The van der Waals surface area contributed by atoms with Crippen molar-refractivity contribution in [1.29, 1.82) is 0 Å². The van der Waals surface area contributed by atoms with E-state index in [1.807, 2.05) is 54.6 Å². The first-order valence-electron chi connectivity index (χ1n) is 9.94. The number of hydrogen-bond donors (Lipinski definition) is 1. The Labute approximate surface area is 182 Å². The first kappa shape index (κ1) is 21.5. The number of nitrogens with zero attached hydrogens (tertiary/aromatic N) is 4. The summed E-state index contributed by atoms with van der Waals surface area (Å²) in [4.78, 5) is 20.4. The van der Waals surface area contributed by atoms with E-state index >= 15 is 0 Å². The van der Waals surface area contributed by atoms with Crippen LogP contribution in [0, 0.1) is 13.8 Å². The molecule has 0 unspecified atom stereocenters. The molecule has 0 saturated carbocycles. The van der Waals surface area contributed by atoms with Gasteiger partial charge in [-0.05, 0) is 37.5 Å². The van der Waals surface area contributed by atoms with Gasteiger partial charge in [-0.15, -0.1) is 5.10 Å². The lowest BCUT2D eigenvalue weighted by Gasteiger charge is -2.13. The van der Waals surface area contributed by atoms with Gasteiger partial charge in [0.15, 0.2) is 0 Å². The van der Waals surface area contributed by atoms with E-state index in [9.17, 15) is 18.0 Å². The zero-order valence-electron chi connectivity index (χ0n) is 17.4. The Balaban J connectivity index is 1.57. The fourth-order valence-corrected chi connectivity index (χ4v) is 3.55. The monoisotopic (exact) mass is 439 g/mol. The highest BCUT2D eigenvalue weighted by atomic mass is 19.4. The number of halogens is 3. The maximum atomic E-state index is 13.0. The zero-order valence-corrected chi connectivity index (χ0v) is 17.4. The van der Waals surface area contributed by atoms with Crippen LogP contribution >= 0.6 is 0 Å². The van der Waals surface area contributed by atoms with Gasteiger partial charge < -0.3 is 5.32 Å². The molecule has 0 aliphatic carbocycles. The fourth-order valence-electron chi connectivity index (χ4n) is 3.55. The number of carbonyl (C=O) groups excluding carboxylic acids is 1. The molecule has 6 nitrogen and oxygen atoms in total. The minimum atomic E-state index is -4.67. The number of alkyl halides is 3. The molecule has 32 heavy (non-hydrogen) atoms. The summed E-state index contributed by atoms with van der Waals surface area (Å²) in [5.74, 6) is -1.71. The third kappa shape index (κ3) is 4.46. The lowest BCUT2D eigenvalue weighted by Crippen LogP contribution is -2.18. The van der Waals surface area contributed by atoms with Gasteiger partial charge in [-0.25, -0.2) is 9.50 Å². The van der Waals surface area contributed by atoms with Crippen molar-refractivity contribution in [1.82, 2.24) is 19.6 Å². The average molecular weight is 439 g/mol. The van der Waals surface area contributed by atoms with Crippen LogP contribution in [-0.2, 0) is 23.8 Å². The van der Waals surface area contributed by atoms with Crippen molar-refractivity contribution in [2.45, 2.75) is 32.9 Å². The third-order valence-electron chi connectivity index (χ3n) is 5.17. The van der Waals surface area contributed by atoms with Gasteiger partial charge in [-0.1, -0.05) is 48.5 Å². The highest BCUT2D eigenvalue weighted by Crippen LogP contribution is 2.27. The van der Waals surface area contributed by atoms with Crippen LogP contribution in [0.15, 0.2) is 54.6 Å². The van der Waals surface area contributed by atoms with Crippen LogP contribution in [-0.4, -0.2) is 25.5 Å². The number of para-hydroxylation sites is 1. The number of aromatic nitrogens is 4. The number of nitrogens with one attached hydrogen (secondary N) is 1. The summed E-state index contributed by atoms with van der Waals surface area (Å²) < 4.78 is 40.0. The predicted molar refractivity (Wildman–Crippen MR) is 113 cm³/mol. The maximum absolute atomic E-state index is 13.0. The number of carbonyl (C=O) groups is 1. The van der Waals surface area contributed by atoms with Gasteiger partial charge in [-0.2, -0.15) is 18.2 Å². The van der Waals surface area contributed by atoms with E-state index in [1.165, 1.54) is 0 Å². The predicted octanol–water partition coefficient (Wildman–Crippen LogP) is 4.53. The Morgan fingerprint density at radius 3 is 2.41 bits per heavy atom. The number of amides is 1. The van der Waals surface area contributed by atoms with E-state index in [1.54, 1.807) is 13.8 Å². The molecule has 164 valence electrons. The number of fused-ring (bicyclic) bond motifs is 1. The Kier molecular flexibility index (Phi) is 5.65. The van der Waals surface area contributed by atoms with E-state index in [0.29, 0.717) is 29.1 Å². The minimum Gasteiger partial charge on any atom is -0.326 e. The molecule has 1 N–H and O–H groups in total. The van der Waals surface area contributed by atoms with Crippen molar-refractivity contribution in [2.24, 2.45) is 0 Å².